The molecule has 6 heteroatoms. The van der Waals surface area contributed by atoms with Gasteiger partial charge in [0.05, 0.1) is 11.7 Å². The molecular formula is C6H10ClN3S2. The molecule has 0 radical (unpaired) electrons. The second-order valence-corrected chi connectivity index (χ2v) is 4.20. The second kappa shape index (κ2) is 4.89. The zero-order chi connectivity index (χ0) is 8.97. The molecule has 68 valence electrons. The third-order valence-corrected chi connectivity index (χ3v) is 2.97. The van der Waals surface area contributed by atoms with E-state index in [1.807, 2.05) is 0 Å². The van der Waals surface area contributed by atoms with Crippen LogP contribution in [0.3, 0.4) is 0 Å². The Morgan fingerprint density at radius 1 is 1.67 bits per heavy atom. The van der Waals surface area contributed by atoms with Gasteiger partial charge in [-0.3, -0.25) is 0 Å². The Morgan fingerprint density at radius 3 is 2.92 bits per heavy atom. The van der Waals surface area contributed by atoms with Crippen molar-refractivity contribution in [1.82, 2.24) is 8.75 Å². The van der Waals surface area contributed by atoms with Gasteiger partial charge < -0.3 is 5.32 Å². The first kappa shape index (κ1) is 10.1. The highest BCUT2D eigenvalue weighted by atomic mass is 35.5. The second-order valence-electron chi connectivity index (χ2n) is 2.40. The van der Waals surface area contributed by atoms with Gasteiger partial charge in [0.1, 0.15) is 0 Å². The average molecular weight is 224 g/mol. The molecule has 12 heavy (non-hydrogen) atoms. The van der Waals surface area contributed by atoms with E-state index in [1.165, 1.54) is 0 Å². The average Bonchev–Trinajstić information content (AvgIpc) is 2.37. The van der Waals surface area contributed by atoms with E-state index < -0.39 is 0 Å². The van der Waals surface area contributed by atoms with Crippen molar-refractivity contribution in [1.29, 1.82) is 0 Å². The zero-order valence-corrected chi connectivity index (χ0v) is 9.26. The number of hydrogen-bond donors (Lipinski definition) is 1. The summed E-state index contributed by atoms with van der Waals surface area (Å²) in [5, 5.41) is 3.64. The fourth-order valence-electron chi connectivity index (χ4n) is 0.789. The molecule has 3 nitrogen and oxygen atoms in total. The lowest BCUT2D eigenvalue weighted by molar-refractivity contribution is 0.908. The molecule has 0 amide bonds. The summed E-state index contributed by atoms with van der Waals surface area (Å²) in [7, 11) is 0. The van der Waals surface area contributed by atoms with Crippen LogP contribution in [0.5, 0.6) is 0 Å². The molecule has 0 aliphatic carbocycles. The molecule has 1 unspecified atom stereocenters. The molecule has 1 atom stereocenters. The minimum Gasteiger partial charge on any atom is -0.363 e. The quantitative estimate of drug-likeness (QED) is 0.851. The molecule has 0 fully saturated rings. The standard InChI is InChI=1S/C6H10ClN3S2/c1-4(3-11-2)8-6-5(7)9-12-10-6/h4H,3H2,1-2H3,(H,8,10). The number of halogens is 1. The number of nitrogens with one attached hydrogen (secondary N) is 1. The van der Waals surface area contributed by atoms with Gasteiger partial charge in [-0.05, 0) is 13.2 Å². The van der Waals surface area contributed by atoms with E-state index >= 15 is 0 Å². The fraction of sp³-hybridized carbons (Fsp3) is 0.667. The van der Waals surface area contributed by atoms with E-state index in [1.54, 1.807) is 11.8 Å². The summed E-state index contributed by atoms with van der Waals surface area (Å²) in [5.74, 6) is 1.73. The smallest absolute Gasteiger partial charge is 0.186 e. The largest absolute Gasteiger partial charge is 0.363 e. The van der Waals surface area contributed by atoms with E-state index in [0.717, 1.165) is 17.5 Å². The maximum absolute atomic E-state index is 5.75. The first-order valence-corrected chi connectivity index (χ1v) is 5.97. The van der Waals surface area contributed by atoms with E-state index in [2.05, 4.69) is 27.2 Å². The van der Waals surface area contributed by atoms with Crippen molar-refractivity contribution in [3.63, 3.8) is 0 Å². The van der Waals surface area contributed by atoms with Crippen LogP contribution < -0.4 is 5.32 Å². The molecule has 0 bridgehead atoms. The monoisotopic (exact) mass is 223 g/mol. The Bertz CT molecular complexity index is 240. The molecule has 0 saturated carbocycles. The highest BCUT2D eigenvalue weighted by molar-refractivity contribution is 7.98. The maximum Gasteiger partial charge on any atom is 0.186 e. The van der Waals surface area contributed by atoms with Gasteiger partial charge in [0.25, 0.3) is 0 Å². The van der Waals surface area contributed by atoms with Crippen LogP contribution >= 0.6 is 35.1 Å². The molecule has 0 aromatic carbocycles. The number of anilines is 1. The first-order chi connectivity index (χ1) is 5.74. The highest BCUT2D eigenvalue weighted by Gasteiger charge is 2.07. The minimum atomic E-state index is 0.376. The molecule has 1 aromatic heterocycles. The van der Waals surface area contributed by atoms with Crippen molar-refractivity contribution in [3.8, 4) is 0 Å². The van der Waals surface area contributed by atoms with Gasteiger partial charge in [-0.25, -0.2) is 0 Å². The fourth-order valence-corrected chi connectivity index (χ4v) is 2.03. The van der Waals surface area contributed by atoms with Crippen molar-refractivity contribution >= 4 is 40.9 Å². The van der Waals surface area contributed by atoms with Crippen molar-refractivity contribution in [3.05, 3.63) is 5.15 Å². The summed E-state index contributed by atoms with van der Waals surface area (Å²) in [5.41, 5.74) is 0. The minimum absolute atomic E-state index is 0.376. The van der Waals surface area contributed by atoms with Crippen molar-refractivity contribution in [2.24, 2.45) is 0 Å². The summed E-state index contributed by atoms with van der Waals surface area (Å²) < 4.78 is 7.87. The Balaban J connectivity index is 2.46. The van der Waals surface area contributed by atoms with Crippen molar-refractivity contribution in [2.75, 3.05) is 17.3 Å². The molecule has 1 rings (SSSR count). The third kappa shape index (κ3) is 2.80. The molecule has 1 aromatic rings. The third-order valence-electron chi connectivity index (χ3n) is 1.25. The van der Waals surface area contributed by atoms with Crippen LogP contribution in [0.25, 0.3) is 0 Å². The molecular weight excluding hydrogens is 214 g/mol. The van der Waals surface area contributed by atoms with Gasteiger partial charge in [-0.2, -0.15) is 20.5 Å². The lowest BCUT2D eigenvalue weighted by atomic mass is 10.4. The Labute approximate surface area is 85.2 Å². The van der Waals surface area contributed by atoms with Crippen molar-refractivity contribution in [2.45, 2.75) is 13.0 Å². The van der Waals surface area contributed by atoms with Gasteiger partial charge in [0.2, 0.25) is 0 Å². The number of aromatic nitrogens is 2. The summed E-state index contributed by atoms with van der Waals surface area (Å²) in [6.45, 7) is 2.09. The predicted molar refractivity (Wildman–Crippen MR) is 56.4 cm³/mol. The Hall–Kier alpha value is -0.0000000000000000555. The number of thioether (sulfide) groups is 1. The molecule has 0 saturated heterocycles. The zero-order valence-electron chi connectivity index (χ0n) is 6.87. The predicted octanol–water partition coefficient (Wildman–Crippen LogP) is 2.35. The molecule has 0 aliphatic rings. The summed E-state index contributed by atoms with van der Waals surface area (Å²) in [4.78, 5) is 0. The number of hydrogen-bond acceptors (Lipinski definition) is 5. The van der Waals surface area contributed by atoms with Crippen LogP contribution in [-0.2, 0) is 0 Å². The van der Waals surface area contributed by atoms with Gasteiger partial charge in [-0.15, -0.1) is 0 Å². The van der Waals surface area contributed by atoms with Crippen LogP contribution in [0.15, 0.2) is 0 Å². The highest BCUT2D eigenvalue weighted by Crippen LogP contribution is 2.18. The SMILES string of the molecule is CSCC(C)Nc1nsnc1Cl. The van der Waals surface area contributed by atoms with Gasteiger partial charge in [-0.1, -0.05) is 11.6 Å². The van der Waals surface area contributed by atoms with Gasteiger partial charge in [0.15, 0.2) is 11.0 Å². The van der Waals surface area contributed by atoms with E-state index in [4.69, 9.17) is 11.6 Å². The van der Waals surface area contributed by atoms with Gasteiger partial charge in [0, 0.05) is 11.8 Å². The molecule has 1 N–H and O–H groups in total. The topological polar surface area (TPSA) is 37.8 Å². The van der Waals surface area contributed by atoms with E-state index in [9.17, 15) is 0 Å². The van der Waals surface area contributed by atoms with Crippen LogP contribution in [0.4, 0.5) is 5.82 Å². The van der Waals surface area contributed by atoms with Crippen LogP contribution in [0, 0.1) is 0 Å². The van der Waals surface area contributed by atoms with Crippen LogP contribution in [0.2, 0.25) is 5.15 Å². The Morgan fingerprint density at radius 2 is 2.42 bits per heavy atom. The number of nitrogens with zero attached hydrogens (tertiary/aromatic N) is 2. The van der Waals surface area contributed by atoms with Crippen LogP contribution in [-0.4, -0.2) is 26.8 Å². The number of rotatable bonds is 4. The lowest BCUT2D eigenvalue weighted by Gasteiger charge is -2.10. The summed E-state index contributed by atoms with van der Waals surface area (Å²) in [6.07, 6.45) is 2.07. The molecule has 0 spiro atoms. The summed E-state index contributed by atoms with van der Waals surface area (Å²) >= 11 is 8.66. The Kier molecular flexibility index (Phi) is 4.11. The van der Waals surface area contributed by atoms with Crippen molar-refractivity contribution < 1.29 is 0 Å². The van der Waals surface area contributed by atoms with Crippen LogP contribution in [0.1, 0.15) is 6.92 Å². The molecule has 0 aliphatic heterocycles. The first-order valence-electron chi connectivity index (χ1n) is 3.47. The maximum atomic E-state index is 5.75. The lowest BCUT2D eigenvalue weighted by Crippen LogP contribution is -2.17. The molecule has 1 heterocycles. The van der Waals surface area contributed by atoms with E-state index in [-0.39, 0.29) is 0 Å². The van der Waals surface area contributed by atoms with E-state index in [0.29, 0.717) is 17.0 Å². The summed E-state index contributed by atoms with van der Waals surface area (Å²) in [6, 6.07) is 0.376. The normalized spacial score (nSPS) is 12.9. The van der Waals surface area contributed by atoms with Gasteiger partial charge >= 0.3 is 0 Å².